The molecule has 0 aliphatic carbocycles. The quantitative estimate of drug-likeness (QED) is 0.0986. The number of nitrogens with one attached hydrogen (secondary N) is 1. The van der Waals surface area contributed by atoms with Crippen molar-refractivity contribution < 1.29 is 9.90 Å². The third kappa shape index (κ3) is 22.4. The largest absolute Gasteiger partial charge is 0.481 e. The van der Waals surface area contributed by atoms with Gasteiger partial charge in [-0.05, 0) is 31.1 Å². The molecule has 0 saturated carbocycles. The monoisotopic (exact) mass is 541 g/mol. The Morgan fingerprint density at radius 2 is 0.897 bits per heavy atom. The number of aliphatic carboxylic acids is 1. The maximum absolute atomic E-state index is 10.5. The van der Waals surface area contributed by atoms with Crippen LogP contribution in [0.1, 0.15) is 165 Å². The number of hydrogen-bond acceptors (Lipinski definition) is 4. The Labute approximate surface area is 240 Å². The summed E-state index contributed by atoms with van der Waals surface area (Å²) in [7, 11) is 0. The fraction of sp³-hybridized carbons (Fsp3) is 0.735. The predicted molar refractivity (Wildman–Crippen MR) is 169 cm³/mol. The Hall–Kier alpha value is -2.17. The predicted octanol–water partition coefficient (Wildman–Crippen LogP) is 10.6. The summed E-state index contributed by atoms with van der Waals surface area (Å²) in [4.78, 5) is 19.3. The van der Waals surface area contributed by atoms with Crippen molar-refractivity contribution in [2.45, 2.75) is 154 Å². The number of rotatable bonds is 29. The summed E-state index contributed by atoms with van der Waals surface area (Å²) in [5, 5.41) is 12.0. The number of nitrogens with zero attached hydrogens (tertiary/aromatic N) is 2. The second kappa shape index (κ2) is 26.1. The van der Waals surface area contributed by atoms with Crippen molar-refractivity contribution in [2.24, 2.45) is 0 Å². The lowest BCUT2D eigenvalue weighted by Gasteiger charge is -2.07. The normalized spacial score (nSPS) is 11.0. The van der Waals surface area contributed by atoms with Gasteiger partial charge in [-0.2, -0.15) is 0 Å². The number of aromatic nitrogens is 2. The molecule has 0 radical (unpaired) electrons. The van der Waals surface area contributed by atoms with E-state index >= 15 is 0 Å². The number of carboxylic acid groups (broad SMARTS) is 1. The maximum atomic E-state index is 10.5. The molecular weight excluding hydrogens is 482 g/mol. The third-order valence-corrected chi connectivity index (χ3v) is 7.53. The minimum Gasteiger partial charge on any atom is -0.481 e. The molecule has 1 rings (SSSR count). The highest BCUT2D eigenvalue weighted by Crippen LogP contribution is 2.16. The van der Waals surface area contributed by atoms with Crippen LogP contribution >= 0.6 is 0 Å². The number of carbonyl (C=O) groups is 1. The molecule has 2 N–H and O–H groups in total. The summed E-state index contributed by atoms with van der Waals surface area (Å²) in [6.45, 7) is 8.49. The second-order valence-corrected chi connectivity index (χ2v) is 11.2. The molecule has 1 aromatic rings. The van der Waals surface area contributed by atoms with Gasteiger partial charge in [0.05, 0.1) is 11.4 Å². The van der Waals surface area contributed by atoms with Crippen LogP contribution in [0.25, 0.3) is 12.2 Å². The standard InChI is InChI=1S/C34H59N3O2/c1-3-31-30-32(4-2)37-34(36-31)35-29-27-25-23-21-19-17-15-13-11-9-7-5-6-8-10-12-14-16-18-20-22-24-26-28-33(38)39/h3-4,30H,1-2,5-29H2,(H,38,39)(H,35,36,37). The second-order valence-electron chi connectivity index (χ2n) is 11.2. The molecule has 5 heteroatoms. The van der Waals surface area contributed by atoms with Gasteiger partial charge in [-0.25, -0.2) is 9.97 Å². The van der Waals surface area contributed by atoms with E-state index in [0.29, 0.717) is 12.4 Å². The molecule has 0 fully saturated rings. The molecule has 0 saturated heterocycles. The fourth-order valence-corrected chi connectivity index (χ4v) is 5.09. The van der Waals surface area contributed by atoms with Crippen molar-refractivity contribution in [3.63, 3.8) is 0 Å². The van der Waals surface area contributed by atoms with Crippen LogP contribution in [0.5, 0.6) is 0 Å². The third-order valence-electron chi connectivity index (χ3n) is 7.53. The zero-order valence-corrected chi connectivity index (χ0v) is 25.1. The average molecular weight is 542 g/mol. The molecule has 39 heavy (non-hydrogen) atoms. The molecule has 0 aliphatic heterocycles. The molecule has 0 bridgehead atoms. The van der Waals surface area contributed by atoms with Crippen LogP contribution in [0.15, 0.2) is 19.2 Å². The number of anilines is 1. The van der Waals surface area contributed by atoms with Gasteiger partial charge in [-0.15, -0.1) is 0 Å². The van der Waals surface area contributed by atoms with Crippen LogP contribution in [-0.4, -0.2) is 27.6 Å². The van der Waals surface area contributed by atoms with Crippen LogP contribution in [0.3, 0.4) is 0 Å². The smallest absolute Gasteiger partial charge is 0.303 e. The van der Waals surface area contributed by atoms with Crippen LogP contribution < -0.4 is 5.32 Å². The molecule has 1 aromatic heterocycles. The number of unbranched alkanes of at least 4 members (excludes halogenated alkanes) is 22. The maximum Gasteiger partial charge on any atom is 0.303 e. The molecule has 0 unspecified atom stereocenters. The van der Waals surface area contributed by atoms with Gasteiger partial charge in [0, 0.05) is 13.0 Å². The van der Waals surface area contributed by atoms with E-state index in [9.17, 15) is 4.79 Å². The van der Waals surface area contributed by atoms with E-state index in [1.807, 2.05) is 6.07 Å². The zero-order valence-electron chi connectivity index (χ0n) is 25.1. The highest BCUT2D eigenvalue weighted by atomic mass is 16.4. The lowest BCUT2D eigenvalue weighted by atomic mass is 10.0. The van der Waals surface area contributed by atoms with Crippen molar-refractivity contribution in [3.05, 3.63) is 30.6 Å². The van der Waals surface area contributed by atoms with E-state index in [1.54, 1.807) is 12.2 Å². The Kier molecular flexibility index (Phi) is 23.3. The van der Waals surface area contributed by atoms with Gasteiger partial charge in [0.25, 0.3) is 0 Å². The average Bonchev–Trinajstić information content (AvgIpc) is 2.94. The number of carboxylic acids is 1. The first kappa shape index (κ1) is 34.9. The highest BCUT2D eigenvalue weighted by molar-refractivity contribution is 5.66. The first-order valence-corrected chi connectivity index (χ1v) is 16.3. The summed E-state index contributed by atoms with van der Waals surface area (Å²) in [5.41, 5.74) is 1.66. The fourth-order valence-electron chi connectivity index (χ4n) is 5.09. The van der Waals surface area contributed by atoms with Gasteiger partial charge in [0.15, 0.2) is 0 Å². The van der Waals surface area contributed by atoms with Gasteiger partial charge >= 0.3 is 5.97 Å². The summed E-state index contributed by atoms with van der Waals surface area (Å²) < 4.78 is 0. The van der Waals surface area contributed by atoms with Crippen LogP contribution in [0.2, 0.25) is 0 Å². The van der Waals surface area contributed by atoms with Crippen molar-refractivity contribution in [2.75, 3.05) is 11.9 Å². The van der Waals surface area contributed by atoms with E-state index < -0.39 is 5.97 Å². The van der Waals surface area contributed by atoms with Crippen molar-refractivity contribution in [1.29, 1.82) is 0 Å². The first-order valence-electron chi connectivity index (χ1n) is 16.3. The van der Waals surface area contributed by atoms with E-state index in [0.717, 1.165) is 37.2 Å². The van der Waals surface area contributed by atoms with E-state index in [-0.39, 0.29) is 0 Å². The number of hydrogen-bond donors (Lipinski definition) is 2. The molecule has 0 aliphatic rings. The zero-order chi connectivity index (χ0) is 28.2. The lowest BCUT2D eigenvalue weighted by Crippen LogP contribution is -2.06. The molecule has 1 heterocycles. The molecule has 0 amide bonds. The molecule has 0 atom stereocenters. The van der Waals surface area contributed by atoms with E-state index in [1.165, 1.54) is 128 Å². The Bertz CT molecular complexity index is 724. The van der Waals surface area contributed by atoms with Crippen molar-refractivity contribution >= 4 is 24.1 Å². The summed E-state index contributed by atoms with van der Waals surface area (Å²) in [6.07, 6.45) is 34.3. The van der Waals surface area contributed by atoms with Gasteiger partial charge in [0.1, 0.15) is 0 Å². The Morgan fingerprint density at radius 1 is 0.590 bits per heavy atom. The Balaban J connectivity index is 1.74. The Morgan fingerprint density at radius 3 is 1.21 bits per heavy atom. The minimum atomic E-state index is -0.657. The minimum absolute atomic E-state index is 0.337. The van der Waals surface area contributed by atoms with E-state index in [4.69, 9.17) is 5.11 Å². The van der Waals surface area contributed by atoms with Gasteiger partial charge < -0.3 is 10.4 Å². The molecule has 222 valence electrons. The molecule has 5 nitrogen and oxygen atoms in total. The van der Waals surface area contributed by atoms with Gasteiger partial charge in [0.2, 0.25) is 5.95 Å². The van der Waals surface area contributed by atoms with Crippen LogP contribution in [0, 0.1) is 0 Å². The van der Waals surface area contributed by atoms with Crippen LogP contribution in [-0.2, 0) is 4.79 Å². The van der Waals surface area contributed by atoms with Gasteiger partial charge in [-0.1, -0.05) is 148 Å². The molecule has 0 aromatic carbocycles. The van der Waals surface area contributed by atoms with Crippen molar-refractivity contribution in [1.82, 2.24) is 9.97 Å². The lowest BCUT2D eigenvalue weighted by molar-refractivity contribution is -0.137. The topological polar surface area (TPSA) is 75.1 Å². The van der Waals surface area contributed by atoms with E-state index in [2.05, 4.69) is 28.4 Å². The van der Waals surface area contributed by atoms with Crippen LogP contribution in [0.4, 0.5) is 5.95 Å². The summed E-state index contributed by atoms with van der Waals surface area (Å²) >= 11 is 0. The molecular formula is C34H59N3O2. The van der Waals surface area contributed by atoms with Crippen molar-refractivity contribution in [3.8, 4) is 0 Å². The SMILES string of the molecule is C=Cc1cc(C=C)nc(NCCCCCCCCCCCCCCCCCCCCCCCCCC(=O)O)n1. The molecule has 0 spiro atoms. The first-order chi connectivity index (χ1) is 19.2. The summed E-state index contributed by atoms with van der Waals surface area (Å²) in [5.74, 6) is 0.0140. The summed E-state index contributed by atoms with van der Waals surface area (Å²) in [6, 6.07) is 1.89. The highest BCUT2D eigenvalue weighted by Gasteiger charge is 2.01. The van der Waals surface area contributed by atoms with Gasteiger partial charge in [-0.3, -0.25) is 4.79 Å².